The Bertz CT molecular complexity index is 617. The van der Waals surface area contributed by atoms with Crippen LogP contribution in [0.25, 0.3) is 11.3 Å². The first kappa shape index (κ1) is 13.4. The van der Waals surface area contributed by atoms with E-state index >= 15 is 0 Å². The maximum Gasteiger partial charge on any atom is 0.354 e. The lowest BCUT2D eigenvalue weighted by molar-refractivity contribution is 0.0689. The molecule has 1 aromatic heterocycles. The molecule has 98 valence electrons. The average molecular weight is 276 g/mol. The number of hydrogen-bond acceptors (Lipinski definition) is 5. The zero-order valence-electron chi connectivity index (χ0n) is 10.5. The van der Waals surface area contributed by atoms with Crippen LogP contribution in [0.2, 0.25) is 0 Å². The van der Waals surface area contributed by atoms with E-state index in [2.05, 4.69) is 9.97 Å². The predicted octanol–water partition coefficient (Wildman–Crippen LogP) is 2.57. The summed E-state index contributed by atoms with van der Waals surface area (Å²) in [6, 6.07) is 8.75. The molecule has 0 aliphatic carbocycles. The standard InChI is InChI=1S/C13H12N2O3S/c1-18-9-5-3-4-8(6-9)10-7-11(12(16)17)15-13(14-10)19-2/h3-7H,1-2H3,(H,16,17). The summed E-state index contributed by atoms with van der Waals surface area (Å²) in [4.78, 5) is 19.3. The number of carbonyl (C=O) groups is 1. The molecular formula is C13H12N2O3S. The van der Waals surface area contributed by atoms with Crippen molar-refractivity contribution in [2.75, 3.05) is 13.4 Å². The van der Waals surface area contributed by atoms with Gasteiger partial charge in [-0.2, -0.15) is 0 Å². The van der Waals surface area contributed by atoms with Gasteiger partial charge in [0.2, 0.25) is 0 Å². The first-order valence-electron chi connectivity index (χ1n) is 5.45. The van der Waals surface area contributed by atoms with Crippen LogP contribution in [0.15, 0.2) is 35.5 Å². The summed E-state index contributed by atoms with van der Waals surface area (Å²) < 4.78 is 5.15. The van der Waals surface area contributed by atoms with Gasteiger partial charge in [0, 0.05) is 5.56 Å². The quantitative estimate of drug-likeness (QED) is 0.683. The number of hydrogen-bond donors (Lipinski definition) is 1. The Morgan fingerprint density at radius 1 is 1.32 bits per heavy atom. The zero-order valence-corrected chi connectivity index (χ0v) is 11.3. The van der Waals surface area contributed by atoms with Gasteiger partial charge in [-0.3, -0.25) is 0 Å². The van der Waals surface area contributed by atoms with Crippen molar-refractivity contribution in [1.82, 2.24) is 9.97 Å². The van der Waals surface area contributed by atoms with E-state index in [1.54, 1.807) is 19.4 Å². The molecule has 2 rings (SSSR count). The Kier molecular flexibility index (Phi) is 4.01. The van der Waals surface area contributed by atoms with Gasteiger partial charge in [-0.25, -0.2) is 14.8 Å². The molecule has 0 fully saturated rings. The van der Waals surface area contributed by atoms with Crippen molar-refractivity contribution >= 4 is 17.7 Å². The minimum atomic E-state index is -1.07. The number of benzene rings is 1. The van der Waals surface area contributed by atoms with E-state index in [1.165, 1.54) is 17.8 Å². The number of thioether (sulfide) groups is 1. The monoisotopic (exact) mass is 276 g/mol. The number of aromatic nitrogens is 2. The minimum Gasteiger partial charge on any atom is -0.497 e. The highest BCUT2D eigenvalue weighted by atomic mass is 32.2. The molecule has 0 saturated heterocycles. The third-order valence-electron chi connectivity index (χ3n) is 2.47. The molecular weight excluding hydrogens is 264 g/mol. The second-order valence-corrected chi connectivity index (χ2v) is 4.44. The number of carboxylic acid groups (broad SMARTS) is 1. The number of aromatic carboxylic acids is 1. The van der Waals surface area contributed by atoms with E-state index in [0.717, 1.165) is 5.56 Å². The largest absolute Gasteiger partial charge is 0.497 e. The molecule has 19 heavy (non-hydrogen) atoms. The lowest BCUT2D eigenvalue weighted by atomic mass is 10.1. The summed E-state index contributed by atoms with van der Waals surface area (Å²) in [7, 11) is 1.58. The summed E-state index contributed by atoms with van der Waals surface area (Å²) in [5, 5.41) is 9.48. The van der Waals surface area contributed by atoms with Crippen LogP contribution >= 0.6 is 11.8 Å². The fraction of sp³-hybridized carbons (Fsp3) is 0.154. The molecule has 0 saturated carbocycles. The molecule has 0 spiro atoms. The van der Waals surface area contributed by atoms with Crippen molar-refractivity contribution in [2.24, 2.45) is 0 Å². The van der Waals surface area contributed by atoms with Gasteiger partial charge in [0.1, 0.15) is 5.75 Å². The minimum absolute atomic E-state index is 0.0165. The van der Waals surface area contributed by atoms with Gasteiger partial charge in [0.25, 0.3) is 0 Å². The van der Waals surface area contributed by atoms with E-state index in [0.29, 0.717) is 16.6 Å². The number of nitrogens with zero attached hydrogens (tertiary/aromatic N) is 2. The summed E-state index contributed by atoms with van der Waals surface area (Å²) >= 11 is 1.30. The first-order chi connectivity index (χ1) is 9.13. The van der Waals surface area contributed by atoms with Crippen molar-refractivity contribution in [3.05, 3.63) is 36.0 Å². The van der Waals surface area contributed by atoms with Crippen LogP contribution in [0.4, 0.5) is 0 Å². The molecule has 5 nitrogen and oxygen atoms in total. The SMILES string of the molecule is COc1cccc(-c2cc(C(=O)O)nc(SC)n2)c1. The second-order valence-electron chi connectivity index (χ2n) is 3.66. The first-order valence-corrected chi connectivity index (χ1v) is 6.67. The van der Waals surface area contributed by atoms with Crippen molar-refractivity contribution in [3.8, 4) is 17.0 Å². The number of methoxy groups -OCH3 is 1. The highest BCUT2D eigenvalue weighted by Gasteiger charge is 2.11. The molecule has 1 N–H and O–H groups in total. The van der Waals surface area contributed by atoms with Gasteiger partial charge in [-0.05, 0) is 24.5 Å². The van der Waals surface area contributed by atoms with Crippen LogP contribution in [0.1, 0.15) is 10.5 Å². The maximum atomic E-state index is 11.1. The van der Waals surface area contributed by atoms with Crippen LogP contribution in [0, 0.1) is 0 Å². The normalized spacial score (nSPS) is 10.2. The van der Waals surface area contributed by atoms with Crippen molar-refractivity contribution < 1.29 is 14.6 Å². The molecule has 1 aromatic carbocycles. The molecule has 0 unspecified atom stereocenters. The van der Waals surface area contributed by atoms with E-state index in [4.69, 9.17) is 9.84 Å². The number of rotatable bonds is 4. The van der Waals surface area contributed by atoms with Gasteiger partial charge in [-0.15, -0.1) is 0 Å². The Hall–Kier alpha value is -2.08. The average Bonchev–Trinajstić information content (AvgIpc) is 2.46. The van der Waals surface area contributed by atoms with Crippen molar-refractivity contribution in [3.63, 3.8) is 0 Å². The maximum absolute atomic E-state index is 11.1. The third-order valence-corrected chi connectivity index (χ3v) is 3.02. The highest BCUT2D eigenvalue weighted by molar-refractivity contribution is 7.98. The number of carboxylic acids is 1. The van der Waals surface area contributed by atoms with Crippen LogP contribution in [0.3, 0.4) is 0 Å². The third kappa shape index (κ3) is 3.03. The lowest BCUT2D eigenvalue weighted by Crippen LogP contribution is -2.03. The van der Waals surface area contributed by atoms with Gasteiger partial charge in [0.05, 0.1) is 12.8 Å². The lowest BCUT2D eigenvalue weighted by Gasteiger charge is -2.06. The number of ether oxygens (including phenoxy) is 1. The van der Waals surface area contributed by atoms with Gasteiger partial charge >= 0.3 is 5.97 Å². The van der Waals surface area contributed by atoms with E-state index in [-0.39, 0.29) is 5.69 Å². The van der Waals surface area contributed by atoms with Crippen LogP contribution in [-0.4, -0.2) is 34.4 Å². The topological polar surface area (TPSA) is 72.3 Å². The Morgan fingerprint density at radius 3 is 2.74 bits per heavy atom. The second kappa shape index (κ2) is 5.71. The molecule has 0 aliphatic rings. The Morgan fingerprint density at radius 2 is 2.11 bits per heavy atom. The fourth-order valence-corrected chi connectivity index (χ4v) is 1.94. The predicted molar refractivity (Wildman–Crippen MR) is 72.8 cm³/mol. The van der Waals surface area contributed by atoms with Gasteiger partial charge in [-0.1, -0.05) is 23.9 Å². The van der Waals surface area contributed by atoms with Crippen LogP contribution in [-0.2, 0) is 0 Å². The smallest absolute Gasteiger partial charge is 0.354 e. The van der Waals surface area contributed by atoms with Crippen molar-refractivity contribution in [2.45, 2.75) is 5.16 Å². The molecule has 2 aromatic rings. The molecule has 0 bridgehead atoms. The summed E-state index contributed by atoms with van der Waals surface area (Å²) in [5.74, 6) is -0.375. The zero-order chi connectivity index (χ0) is 13.8. The molecule has 6 heteroatoms. The molecule has 0 aliphatic heterocycles. The summed E-state index contributed by atoms with van der Waals surface area (Å²) in [5.41, 5.74) is 1.34. The summed E-state index contributed by atoms with van der Waals surface area (Å²) in [6.07, 6.45) is 1.80. The Balaban J connectivity index is 2.53. The van der Waals surface area contributed by atoms with Gasteiger partial charge in [0.15, 0.2) is 10.9 Å². The molecule has 0 amide bonds. The molecule has 1 heterocycles. The molecule has 0 atom stereocenters. The van der Waals surface area contributed by atoms with E-state index in [1.807, 2.05) is 18.2 Å². The van der Waals surface area contributed by atoms with Crippen LogP contribution in [0.5, 0.6) is 5.75 Å². The van der Waals surface area contributed by atoms with E-state index < -0.39 is 5.97 Å². The van der Waals surface area contributed by atoms with Crippen LogP contribution < -0.4 is 4.74 Å². The fourth-order valence-electron chi connectivity index (χ4n) is 1.56. The summed E-state index contributed by atoms with van der Waals surface area (Å²) in [6.45, 7) is 0. The molecule has 0 radical (unpaired) electrons. The van der Waals surface area contributed by atoms with Crippen molar-refractivity contribution in [1.29, 1.82) is 0 Å². The highest BCUT2D eigenvalue weighted by Crippen LogP contribution is 2.24. The van der Waals surface area contributed by atoms with E-state index in [9.17, 15) is 4.79 Å². The van der Waals surface area contributed by atoms with Gasteiger partial charge < -0.3 is 9.84 Å². The Labute approximate surface area is 114 Å².